The van der Waals surface area contributed by atoms with Crippen LogP contribution in [0.1, 0.15) is 6.92 Å². The summed E-state index contributed by atoms with van der Waals surface area (Å²) < 4.78 is 31.8. The van der Waals surface area contributed by atoms with Gasteiger partial charge in [0.25, 0.3) is 0 Å². The van der Waals surface area contributed by atoms with Crippen LogP contribution in [0.3, 0.4) is 0 Å². The number of hydrogen-bond donors (Lipinski definition) is 1. The van der Waals surface area contributed by atoms with Crippen molar-refractivity contribution in [3.63, 3.8) is 0 Å². The molecule has 0 aliphatic carbocycles. The molecule has 0 amide bonds. The van der Waals surface area contributed by atoms with Crippen LogP contribution in [0.4, 0.5) is 5.69 Å². The first-order valence-electron chi connectivity index (χ1n) is 4.43. The molecule has 1 N–H and O–H groups in total. The predicted octanol–water partition coefficient (Wildman–Crippen LogP) is 2.98. The van der Waals surface area contributed by atoms with Crippen LogP contribution in [0.5, 0.6) is 5.75 Å². The van der Waals surface area contributed by atoms with Gasteiger partial charge in [0.05, 0.1) is 23.0 Å². The quantitative estimate of drug-likeness (QED) is 0.883. The molecule has 0 aromatic heterocycles. The van der Waals surface area contributed by atoms with Crippen LogP contribution in [0.2, 0.25) is 0 Å². The van der Waals surface area contributed by atoms with Crippen LogP contribution in [-0.2, 0) is 10.0 Å². The lowest BCUT2D eigenvalue weighted by atomic mass is 10.3. The Morgan fingerprint density at radius 3 is 2.44 bits per heavy atom. The molecule has 0 aliphatic rings. The summed E-state index contributed by atoms with van der Waals surface area (Å²) in [4.78, 5) is 0. The average molecular weight is 373 g/mol. The number of rotatable bonds is 4. The molecular formula is C9H11Br2NO3S. The fourth-order valence-electron chi connectivity index (χ4n) is 1.00. The van der Waals surface area contributed by atoms with Gasteiger partial charge in [-0.15, -0.1) is 0 Å². The normalized spacial score (nSPS) is 11.2. The molecule has 0 radical (unpaired) electrons. The zero-order chi connectivity index (χ0) is 12.3. The third-order valence-electron chi connectivity index (χ3n) is 1.89. The van der Waals surface area contributed by atoms with E-state index in [1.54, 1.807) is 19.1 Å². The van der Waals surface area contributed by atoms with Gasteiger partial charge in [-0.05, 0) is 44.8 Å². The van der Waals surface area contributed by atoms with Gasteiger partial charge < -0.3 is 4.74 Å². The van der Waals surface area contributed by atoms with E-state index in [2.05, 4.69) is 36.6 Å². The Balaban J connectivity index is 3.15. The number of benzene rings is 1. The molecule has 0 saturated heterocycles. The van der Waals surface area contributed by atoms with E-state index in [4.69, 9.17) is 4.74 Å². The van der Waals surface area contributed by atoms with Gasteiger partial charge in [0.15, 0.2) is 0 Å². The molecule has 0 spiro atoms. The second kappa shape index (κ2) is 5.37. The standard InChI is InChI=1S/C9H11Br2NO3S/c1-3-16(13,14)12-8-5-9(15-2)7(11)4-6(8)10/h4-5,12H,3H2,1-2H3. The lowest BCUT2D eigenvalue weighted by Gasteiger charge is -2.11. The first kappa shape index (κ1) is 13.8. The average Bonchev–Trinajstić information content (AvgIpc) is 2.22. The highest BCUT2D eigenvalue weighted by molar-refractivity contribution is 9.11. The Kier molecular flexibility index (Phi) is 4.63. The molecule has 0 aliphatic heterocycles. The molecule has 0 fully saturated rings. The summed E-state index contributed by atoms with van der Waals surface area (Å²) in [6.07, 6.45) is 0. The summed E-state index contributed by atoms with van der Waals surface area (Å²) in [5.74, 6) is 0.592. The lowest BCUT2D eigenvalue weighted by Crippen LogP contribution is -2.15. The molecule has 0 saturated carbocycles. The molecule has 0 unspecified atom stereocenters. The number of halogens is 2. The lowest BCUT2D eigenvalue weighted by molar-refractivity contribution is 0.412. The second-order valence-corrected chi connectivity index (χ2v) is 6.69. The maximum Gasteiger partial charge on any atom is 0.232 e. The molecule has 0 atom stereocenters. The molecule has 16 heavy (non-hydrogen) atoms. The van der Waals surface area contributed by atoms with E-state index >= 15 is 0 Å². The summed E-state index contributed by atoms with van der Waals surface area (Å²) in [5, 5.41) is 0. The number of anilines is 1. The van der Waals surface area contributed by atoms with E-state index in [0.717, 1.165) is 4.47 Å². The number of nitrogens with one attached hydrogen (secondary N) is 1. The molecule has 7 heteroatoms. The minimum Gasteiger partial charge on any atom is -0.495 e. The van der Waals surface area contributed by atoms with Crippen molar-refractivity contribution < 1.29 is 13.2 Å². The molecule has 1 rings (SSSR count). The van der Waals surface area contributed by atoms with Crippen molar-refractivity contribution in [1.82, 2.24) is 0 Å². The number of ether oxygens (including phenoxy) is 1. The Bertz CT molecular complexity index is 488. The smallest absolute Gasteiger partial charge is 0.232 e. The predicted molar refractivity (Wildman–Crippen MR) is 71.5 cm³/mol. The van der Waals surface area contributed by atoms with E-state index in [-0.39, 0.29) is 5.75 Å². The van der Waals surface area contributed by atoms with E-state index in [9.17, 15) is 8.42 Å². The van der Waals surface area contributed by atoms with Crippen LogP contribution < -0.4 is 9.46 Å². The first-order valence-corrected chi connectivity index (χ1v) is 7.67. The van der Waals surface area contributed by atoms with Gasteiger partial charge in [-0.3, -0.25) is 4.72 Å². The number of methoxy groups -OCH3 is 1. The topological polar surface area (TPSA) is 55.4 Å². The zero-order valence-electron chi connectivity index (χ0n) is 8.75. The Labute approximate surface area is 112 Å². The van der Waals surface area contributed by atoms with Crippen LogP contribution in [0.15, 0.2) is 21.1 Å². The summed E-state index contributed by atoms with van der Waals surface area (Å²) >= 11 is 6.59. The summed E-state index contributed by atoms with van der Waals surface area (Å²) in [6, 6.07) is 3.34. The number of sulfonamides is 1. The van der Waals surface area contributed by atoms with Crippen molar-refractivity contribution in [2.45, 2.75) is 6.92 Å². The van der Waals surface area contributed by atoms with Gasteiger partial charge in [0.1, 0.15) is 5.75 Å². The van der Waals surface area contributed by atoms with Crippen molar-refractivity contribution in [3.8, 4) is 5.75 Å². The van der Waals surface area contributed by atoms with Gasteiger partial charge in [-0.25, -0.2) is 8.42 Å². The van der Waals surface area contributed by atoms with Crippen LogP contribution in [0.25, 0.3) is 0 Å². The zero-order valence-corrected chi connectivity index (χ0v) is 12.7. The summed E-state index contributed by atoms with van der Waals surface area (Å²) in [7, 11) is -1.76. The summed E-state index contributed by atoms with van der Waals surface area (Å²) in [5.41, 5.74) is 0.460. The fraction of sp³-hybridized carbons (Fsp3) is 0.333. The van der Waals surface area contributed by atoms with Crippen molar-refractivity contribution >= 4 is 47.6 Å². The van der Waals surface area contributed by atoms with Gasteiger partial charge in [-0.2, -0.15) is 0 Å². The largest absolute Gasteiger partial charge is 0.495 e. The first-order chi connectivity index (χ1) is 7.39. The van der Waals surface area contributed by atoms with E-state index in [1.807, 2.05) is 0 Å². The van der Waals surface area contributed by atoms with Crippen molar-refractivity contribution in [2.24, 2.45) is 0 Å². The van der Waals surface area contributed by atoms with Crippen molar-refractivity contribution in [1.29, 1.82) is 0 Å². The minimum absolute atomic E-state index is 0.0256. The SMILES string of the molecule is CCS(=O)(=O)Nc1cc(OC)c(Br)cc1Br. The van der Waals surface area contributed by atoms with Crippen molar-refractivity contribution in [3.05, 3.63) is 21.1 Å². The molecule has 0 bridgehead atoms. The molecule has 1 aromatic rings. The highest BCUT2D eigenvalue weighted by atomic mass is 79.9. The third kappa shape index (κ3) is 3.36. The second-order valence-electron chi connectivity index (χ2n) is 2.97. The highest BCUT2D eigenvalue weighted by Gasteiger charge is 2.12. The van der Waals surface area contributed by atoms with Crippen LogP contribution in [-0.4, -0.2) is 21.3 Å². The van der Waals surface area contributed by atoms with Gasteiger partial charge in [0.2, 0.25) is 10.0 Å². The maximum atomic E-state index is 11.4. The maximum absolute atomic E-state index is 11.4. The third-order valence-corrected chi connectivity index (χ3v) is 4.45. The fourth-order valence-corrected chi connectivity index (χ4v) is 3.04. The van der Waals surface area contributed by atoms with Gasteiger partial charge >= 0.3 is 0 Å². The Morgan fingerprint density at radius 1 is 1.31 bits per heavy atom. The van der Waals surface area contributed by atoms with E-state index in [0.29, 0.717) is 15.9 Å². The molecular weight excluding hydrogens is 362 g/mol. The molecule has 90 valence electrons. The Morgan fingerprint density at radius 2 is 1.94 bits per heavy atom. The van der Waals surface area contributed by atoms with E-state index in [1.165, 1.54) is 7.11 Å². The molecule has 4 nitrogen and oxygen atoms in total. The van der Waals surface area contributed by atoms with Crippen LogP contribution in [0, 0.1) is 0 Å². The van der Waals surface area contributed by atoms with Gasteiger partial charge in [0, 0.05) is 10.5 Å². The monoisotopic (exact) mass is 371 g/mol. The Hall–Kier alpha value is -0.270. The molecule has 1 aromatic carbocycles. The summed E-state index contributed by atoms with van der Waals surface area (Å²) in [6.45, 7) is 1.58. The van der Waals surface area contributed by atoms with E-state index < -0.39 is 10.0 Å². The molecule has 0 heterocycles. The highest BCUT2D eigenvalue weighted by Crippen LogP contribution is 2.34. The van der Waals surface area contributed by atoms with Gasteiger partial charge in [-0.1, -0.05) is 0 Å². The minimum atomic E-state index is -3.28. The van der Waals surface area contributed by atoms with Crippen LogP contribution >= 0.6 is 31.9 Å². The number of hydrogen-bond acceptors (Lipinski definition) is 3. The van der Waals surface area contributed by atoms with Crippen molar-refractivity contribution in [2.75, 3.05) is 17.6 Å².